The van der Waals surface area contributed by atoms with E-state index in [1.807, 2.05) is 73.7 Å². The van der Waals surface area contributed by atoms with E-state index in [9.17, 15) is 8.42 Å². The first-order valence-electron chi connectivity index (χ1n) is 10.9. The molecule has 5 nitrogen and oxygen atoms in total. The van der Waals surface area contributed by atoms with Gasteiger partial charge in [-0.25, -0.2) is 8.42 Å². The Labute approximate surface area is 194 Å². The molecule has 1 aliphatic rings. The van der Waals surface area contributed by atoms with E-state index in [1.54, 1.807) is 23.5 Å². The summed E-state index contributed by atoms with van der Waals surface area (Å²) in [7, 11) is -2.12. The van der Waals surface area contributed by atoms with E-state index in [0.29, 0.717) is 6.54 Å². The molecule has 1 N–H and O–H groups in total. The number of H-pyrrole nitrogens is 1. The number of nitrogens with one attached hydrogen (secondary N) is 1. The normalized spacial score (nSPS) is 18.7. The van der Waals surface area contributed by atoms with Gasteiger partial charge in [-0.2, -0.15) is 4.31 Å². The molecule has 2 atom stereocenters. The first kappa shape index (κ1) is 21.5. The summed E-state index contributed by atoms with van der Waals surface area (Å²) in [6.07, 6.45) is 1.84. The zero-order valence-electron chi connectivity index (χ0n) is 18.7. The van der Waals surface area contributed by atoms with Crippen LogP contribution in [0, 0.1) is 6.92 Å². The third kappa shape index (κ3) is 3.56. The van der Waals surface area contributed by atoms with E-state index >= 15 is 0 Å². The predicted octanol–water partition coefficient (Wildman–Crippen LogP) is 5.55. The quantitative estimate of drug-likeness (QED) is 0.399. The largest absolute Gasteiger partial charge is 0.497 e. The molecule has 0 fully saturated rings. The van der Waals surface area contributed by atoms with Gasteiger partial charge in [0.2, 0.25) is 10.0 Å². The molecule has 0 amide bonds. The topological polar surface area (TPSA) is 62.4 Å². The molecule has 0 spiro atoms. The van der Waals surface area contributed by atoms with Crippen LogP contribution < -0.4 is 4.74 Å². The van der Waals surface area contributed by atoms with Gasteiger partial charge in [-0.05, 0) is 48.4 Å². The Morgan fingerprint density at radius 2 is 1.79 bits per heavy atom. The standard InChI is InChI=1S/C27H26N2O3S/c1-4-19-17-29(33(30,31)22-13-10-18(2)11-14-22)27(20-8-6-5-7-9-20)26-25(19)23-16-21(32-3)12-15-24(23)28-26/h4-16,19,27-28H,1,17H2,2-3H3/t19-,27-/m0/s1. The van der Waals surface area contributed by atoms with E-state index in [1.165, 1.54) is 0 Å². The lowest BCUT2D eigenvalue weighted by atomic mass is 9.87. The summed E-state index contributed by atoms with van der Waals surface area (Å²) in [5.41, 5.74) is 4.82. The maximum atomic E-state index is 13.9. The number of aryl methyl sites for hydroxylation is 1. The summed E-state index contributed by atoms with van der Waals surface area (Å²) in [5, 5.41) is 1.03. The average molecular weight is 459 g/mol. The van der Waals surface area contributed by atoms with Crippen molar-refractivity contribution in [3.8, 4) is 5.75 Å². The van der Waals surface area contributed by atoms with Gasteiger partial charge in [-0.15, -0.1) is 6.58 Å². The second kappa shape index (κ2) is 8.21. The molecule has 2 heterocycles. The fourth-order valence-corrected chi connectivity index (χ4v) is 6.34. The van der Waals surface area contributed by atoms with E-state index in [4.69, 9.17) is 4.74 Å². The Balaban J connectivity index is 1.76. The van der Waals surface area contributed by atoms with Crippen molar-refractivity contribution in [2.75, 3.05) is 13.7 Å². The lowest BCUT2D eigenvalue weighted by Gasteiger charge is -2.38. The number of rotatable bonds is 5. The summed E-state index contributed by atoms with van der Waals surface area (Å²) in [5.74, 6) is 0.596. The van der Waals surface area contributed by atoms with Gasteiger partial charge >= 0.3 is 0 Å². The summed E-state index contributed by atoms with van der Waals surface area (Å²) < 4.78 is 34.9. The molecular weight excluding hydrogens is 432 g/mol. The molecule has 168 valence electrons. The van der Waals surface area contributed by atoms with Gasteiger partial charge in [0.05, 0.1) is 18.0 Å². The molecule has 6 heteroatoms. The number of fused-ring (bicyclic) bond motifs is 3. The summed E-state index contributed by atoms with van der Waals surface area (Å²) in [6.45, 7) is 6.29. The van der Waals surface area contributed by atoms with Crippen molar-refractivity contribution in [2.45, 2.75) is 23.8 Å². The van der Waals surface area contributed by atoms with Crippen LogP contribution in [0.1, 0.15) is 34.3 Å². The Morgan fingerprint density at radius 1 is 1.06 bits per heavy atom. The van der Waals surface area contributed by atoms with Crippen LogP contribution in [-0.2, 0) is 10.0 Å². The number of methoxy groups -OCH3 is 1. The highest BCUT2D eigenvalue weighted by molar-refractivity contribution is 7.89. The molecule has 5 rings (SSSR count). The molecule has 33 heavy (non-hydrogen) atoms. The van der Waals surface area contributed by atoms with Gasteiger partial charge in [0, 0.05) is 29.1 Å². The zero-order chi connectivity index (χ0) is 23.2. The lowest BCUT2D eigenvalue weighted by molar-refractivity contribution is 0.327. The number of hydrogen-bond donors (Lipinski definition) is 1. The molecule has 0 saturated heterocycles. The van der Waals surface area contributed by atoms with Crippen LogP contribution in [0.2, 0.25) is 0 Å². The molecule has 0 bridgehead atoms. The fraction of sp³-hybridized carbons (Fsp3) is 0.185. The SMILES string of the molecule is C=C[C@H]1CN(S(=O)(=O)c2ccc(C)cc2)[C@@H](c2ccccc2)c2[nH]c3ccc(OC)cc3c21. The number of aromatic amines is 1. The van der Waals surface area contributed by atoms with Crippen LogP contribution in [0.3, 0.4) is 0 Å². The van der Waals surface area contributed by atoms with Gasteiger partial charge in [-0.3, -0.25) is 0 Å². The minimum Gasteiger partial charge on any atom is -0.497 e. The predicted molar refractivity (Wildman–Crippen MR) is 131 cm³/mol. The Bertz CT molecular complexity index is 1420. The van der Waals surface area contributed by atoms with Crippen molar-refractivity contribution >= 4 is 20.9 Å². The smallest absolute Gasteiger partial charge is 0.244 e. The minimum atomic E-state index is -3.77. The molecule has 4 aromatic rings. The third-order valence-electron chi connectivity index (χ3n) is 6.41. The number of hydrogen-bond acceptors (Lipinski definition) is 3. The molecule has 1 aliphatic heterocycles. The van der Waals surface area contributed by atoms with Crippen molar-refractivity contribution in [3.05, 3.63) is 108 Å². The van der Waals surface area contributed by atoms with Crippen molar-refractivity contribution in [2.24, 2.45) is 0 Å². The summed E-state index contributed by atoms with van der Waals surface area (Å²) >= 11 is 0. The van der Waals surface area contributed by atoms with Gasteiger partial charge in [0.15, 0.2) is 0 Å². The summed E-state index contributed by atoms with van der Waals surface area (Å²) in [4.78, 5) is 3.82. The van der Waals surface area contributed by atoms with Crippen LogP contribution in [0.4, 0.5) is 0 Å². The van der Waals surface area contributed by atoms with Gasteiger partial charge < -0.3 is 9.72 Å². The average Bonchev–Trinajstić information content (AvgIpc) is 3.22. The van der Waals surface area contributed by atoms with Crippen LogP contribution in [-0.4, -0.2) is 31.4 Å². The van der Waals surface area contributed by atoms with E-state index in [0.717, 1.165) is 39.0 Å². The number of sulfonamides is 1. The van der Waals surface area contributed by atoms with Crippen molar-refractivity contribution in [3.63, 3.8) is 0 Å². The molecular formula is C27H26N2O3S. The molecule has 0 unspecified atom stereocenters. The zero-order valence-corrected chi connectivity index (χ0v) is 19.5. The highest BCUT2D eigenvalue weighted by Crippen LogP contribution is 2.46. The molecule has 3 aromatic carbocycles. The van der Waals surface area contributed by atoms with Gasteiger partial charge in [0.1, 0.15) is 5.75 Å². The highest BCUT2D eigenvalue weighted by atomic mass is 32.2. The van der Waals surface area contributed by atoms with Crippen molar-refractivity contribution in [1.82, 2.24) is 9.29 Å². The summed E-state index contributed by atoms with van der Waals surface area (Å²) in [6, 6.07) is 22.2. The molecule has 0 radical (unpaired) electrons. The van der Waals surface area contributed by atoms with Crippen LogP contribution >= 0.6 is 0 Å². The minimum absolute atomic E-state index is 0.166. The maximum absolute atomic E-state index is 13.9. The maximum Gasteiger partial charge on any atom is 0.244 e. The number of nitrogens with zero attached hydrogens (tertiary/aromatic N) is 1. The lowest BCUT2D eigenvalue weighted by Crippen LogP contribution is -2.42. The van der Waals surface area contributed by atoms with Crippen LogP contribution in [0.15, 0.2) is 90.3 Å². The van der Waals surface area contributed by atoms with Crippen molar-refractivity contribution in [1.29, 1.82) is 0 Å². The van der Waals surface area contributed by atoms with Gasteiger partial charge in [-0.1, -0.05) is 54.1 Å². The molecule has 0 aliphatic carbocycles. The number of aromatic nitrogens is 1. The van der Waals surface area contributed by atoms with E-state index in [2.05, 4.69) is 11.6 Å². The molecule has 1 aromatic heterocycles. The first-order valence-corrected chi connectivity index (χ1v) is 12.3. The Kier molecular flexibility index (Phi) is 5.35. The van der Waals surface area contributed by atoms with Crippen LogP contribution in [0.5, 0.6) is 5.75 Å². The first-order chi connectivity index (χ1) is 15.9. The van der Waals surface area contributed by atoms with Crippen LogP contribution in [0.25, 0.3) is 10.9 Å². The Hall–Kier alpha value is -3.35. The highest BCUT2D eigenvalue weighted by Gasteiger charge is 2.42. The monoisotopic (exact) mass is 458 g/mol. The van der Waals surface area contributed by atoms with Crippen molar-refractivity contribution < 1.29 is 13.2 Å². The van der Waals surface area contributed by atoms with E-state index < -0.39 is 16.1 Å². The second-order valence-corrected chi connectivity index (χ2v) is 10.3. The van der Waals surface area contributed by atoms with E-state index in [-0.39, 0.29) is 10.8 Å². The Morgan fingerprint density at radius 3 is 2.45 bits per heavy atom. The van der Waals surface area contributed by atoms with Gasteiger partial charge in [0.25, 0.3) is 0 Å². The molecule has 0 saturated carbocycles. The number of ether oxygens (including phenoxy) is 1. The number of benzene rings is 3. The fourth-order valence-electron chi connectivity index (χ4n) is 4.73. The third-order valence-corrected chi connectivity index (χ3v) is 8.26. The second-order valence-electron chi connectivity index (χ2n) is 8.41.